The topological polar surface area (TPSA) is 95.9 Å². The monoisotopic (exact) mass is 436 g/mol. The molecule has 0 radical (unpaired) electrons. The Balaban J connectivity index is 1.47. The third-order valence-corrected chi connectivity index (χ3v) is 6.81. The van der Waals surface area contributed by atoms with E-state index in [-0.39, 0.29) is 12.5 Å². The van der Waals surface area contributed by atoms with Crippen LogP contribution >= 0.6 is 0 Å². The van der Waals surface area contributed by atoms with Gasteiger partial charge >= 0.3 is 12.1 Å². The standard InChI is InChI=1S/C25H28N2O5/c1-16(22(28)29)27(2)23(30)25(13-7-8-14-25)26-24(31)32-15-21-19-11-5-3-9-17(19)18-10-4-6-12-20(18)21/h3-6,9-12,16,21H,7-8,13-15H2,1-2H3,(H,26,31)(H,28,29). The first kappa shape index (κ1) is 21.9. The van der Waals surface area contributed by atoms with Crippen molar-refractivity contribution in [1.82, 2.24) is 10.2 Å². The molecule has 1 atom stereocenters. The van der Waals surface area contributed by atoms with E-state index in [1.54, 1.807) is 0 Å². The van der Waals surface area contributed by atoms with E-state index in [9.17, 15) is 19.5 Å². The number of rotatable bonds is 6. The first-order valence-corrected chi connectivity index (χ1v) is 11.0. The fourth-order valence-electron chi connectivity index (χ4n) is 4.88. The number of fused-ring (bicyclic) bond motifs is 3. The van der Waals surface area contributed by atoms with E-state index in [0.717, 1.165) is 35.1 Å². The van der Waals surface area contributed by atoms with Crippen LogP contribution in [0.3, 0.4) is 0 Å². The molecule has 7 nitrogen and oxygen atoms in total. The zero-order valence-electron chi connectivity index (χ0n) is 18.3. The summed E-state index contributed by atoms with van der Waals surface area (Å²) in [5, 5.41) is 12.1. The molecule has 0 saturated heterocycles. The van der Waals surface area contributed by atoms with Gasteiger partial charge in [-0.2, -0.15) is 0 Å². The summed E-state index contributed by atoms with van der Waals surface area (Å²) >= 11 is 0. The molecule has 2 aromatic rings. The van der Waals surface area contributed by atoms with Crippen LogP contribution in [0.2, 0.25) is 0 Å². The number of carboxylic acids is 1. The second-order valence-corrected chi connectivity index (χ2v) is 8.67. The number of alkyl carbamates (subject to hydrolysis) is 1. The number of likely N-dealkylation sites (N-methyl/N-ethyl adjacent to an activating group) is 1. The van der Waals surface area contributed by atoms with Gasteiger partial charge in [0.1, 0.15) is 18.2 Å². The second-order valence-electron chi connectivity index (χ2n) is 8.67. The number of aliphatic carboxylic acids is 1. The first-order valence-electron chi connectivity index (χ1n) is 11.0. The average molecular weight is 437 g/mol. The van der Waals surface area contributed by atoms with Crippen molar-refractivity contribution in [3.05, 3.63) is 59.7 Å². The smallest absolute Gasteiger partial charge is 0.408 e. The fraction of sp³-hybridized carbons (Fsp3) is 0.400. The highest BCUT2D eigenvalue weighted by molar-refractivity contribution is 5.92. The molecule has 1 saturated carbocycles. The number of carboxylic acid groups (broad SMARTS) is 1. The van der Waals surface area contributed by atoms with E-state index in [1.807, 2.05) is 36.4 Å². The lowest BCUT2D eigenvalue weighted by molar-refractivity contribution is -0.151. The number of carbonyl (C=O) groups excluding carboxylic acids is 2. The summed E-state index contributed by atoms with van der Waals surface area (Å²) < 4.78 is 5.63. The Morgan fingerprint density at radius 1 is 1.06 bits per heavy atom. The van der Waals surface area contributed by atoms with Crippen molar-refractivity contribution in [3.8, 4) is 11.1 Å². The van der Waals surface area contributed by atoms with Crippen molar-refractivity contribution in [3.63, 3.8) is 0 Å². The quantitative estimate of drug-likeness (QED) is 0.719. The van der Waals surface area contributed by atoms with Crippen LogP contribution in [0.1, 0.15) is 49.7 Å². The van der Waals surface area contributed by atoms with E-state index in [0.29, 0.717) is 12.8 Å². The Morgan fingerprint density at radius 2 is 1.59 bits per heavy atom. The largest absolute Gasteiger partial charge is 0.480 e. The van der Waals surface area contributed by atoms with E-state index in [2.05, 4.69) is 17.4 Å². The van der Waals surface area contributed by atoms with Crippen molar-refractivity contribution in [2.75, 3.05) is 13.7 Å². The zero-order chi connectivity index (χ0) is 22.9. The number of hydrogen-bond acceptors (Lipinski definition) is 4. The molecule has 0 aromatic heterocycles. The minimum Gasteiger partial charge on any atom is -0.480 e. The van der Waals surface area contributed by atoms with Gasteiger partial charge in [-0.05, 0) is 42.0 Å². The number of amides is 2. The molecule has 2 aliphatic rings. The summed E-state index contributed by atoms with van der Waals surface area (Å²) in [6, 6.07) is 15.2. The first-order chi connectivity index (χ1) is 15.3. The molecule has 2 aliphatic carbocycles. The molecule has 2 N–H and O–H groups in total. The molecule has 168 valence electrons. The molecule has 7 heteroatoms. The maximum Gasteiger partial charge on any atom is 0.408 e. The molecule has 32 heavy (non-hydrogen) atoms. The Morgan fingerprint density at radius 3 is 2.12 bits per heavy atom. The van der Waals surface area contributed by atoms with Crippen LogP contribution in [0.15, 0.2) is 48.5 Å². The molecule has 0 heterocycles. The van der Waals surface area contributed by atoms with Crippen LogP contribution in [0.4, 0.5) is 4.79 Å². The van der Waals surface area contributed by atoms with E-state index in [4.69, 9.17) is 4.74 Å². The van der Waals surface area contributed by atoms with Crippen LogP contribution in [0.5, 0.6) is 0 Å². The lowest BCUT2D eigenvalue weighted by atomic mass is 9.95. The molecule has 2 amide bonds. The number of nitrogens with zero attached hydrogens (tertiary/aromatic N) is 1. The number of hydrogen-bond donors (Lipinski definition) is 2. The highest BCUT2D eigenvalue weighted by atomic mass is 16.5. The van der Waals surface area contributed by atoms with Gasteiger partial charge in [-0.3, -0.25) is 4.79 Å². The molecule has 1 fully saturated rings. The SMILES string of the molecule is CC(C(=O)O)N(C)C(=O)C1(NC(=O)OCC2c3ccccc3-c3ccccc32)CCCC1. The fourth-order valence-corrected chi connectivity index (χ4v) is 4.88. The molecule has 1 unspecified atom stereocenters. The van der Waals surface area contributed by atoms with Crippen molar-refractivity contribution >= 4 is 18.0 Å². The molecule has 2 aromatic carbocycles. The minimum absolute atomic E-state index is 0.0712. The number of nitrogens with one attached hydrogen (secondary N) is 1. The minimum atomic E-state index is -1.12. The average Bonchev–Trinajstić information content (AvgIpc) is 3.39. The third-order valence-electron chi connectivity index (χ3n) is 6.81. The van der Waals surface area contributed by atoms with E-state index >= 15 is 0 Å². The van der Waals surface area contributed by atoms with Gasteiger partial charge in [0, 0.05) is 13.0 Å². The van der Waals surface area contributed by atoms with Crippen LogP contribution < -0.4 is 5.32 Å². The van der Waals surface area contributed by atoms with Crippen LogP contribution in [-0.2, 0) is 14.3 Å². The molecular formula is C25H28N2O5. The summed E-state index contributed by atoms with van der Waals surface area (Å²) in [6.07, 6.45) is 1.84. The van der Waals surface area contributed by atoms with Crippen molar-refractivity contribution in [1.29, 1.82) is 0 Å². The Bertz CT molecular complexity index is 999. The summed E-state index contributed by atoms with van der Waals surface area (Å²) in [5.74, 6) is -1.55. The predicted molar refractivity (Wildman–Crippen MR) is 119 cm³/mol. The van der Waals surface area contributed by atoms with E-state index < -0.39 is 29.6 Å². The summed E-state index contributed by atoms with van der Waals surface area (Å²) in [4.78, 5) is 38.4. The summed E-state index contributed by atoms with van der Waals surface area (Å²) in [7, 11) is 1.46. The molecule has 0 spiro atoms. The molecule has 4 rings (SSSR count). The van der Waals surface area contributed by atoms with Gasteiger partial charge < -0.3 is 20.1 Å². The van der Waals surface area contributed by atoms with Crippen LogP contribution in [0, 0.1) is 0 Å². The zero-order valence-corrected chi connectivity index (χ0v) is 18.3. The number of ether oxygens (including phenoxy) is 1. The van der Waals surface area contributed by atoms with Gasteiger partial charge in [-0.25, -0.2) is 9.59 Å². The molecule has 0 aliphatic heterocycles. The van der Waals surface area contributed by atoms with Crippen molar-refractivity contribution < 1.29 is 24.2 Å². The molecule has 0 bridgehead atoms. The predicted octanol–water partition coefficient (Wildman–Crippen LogP) is 3.77. The summed E-state index contributed by atoms with van der Waals surface area (Å²) in [6.45, 7) is 1.61. The Kier molecular flexibility index (Phi) is 5.91. The van der Waals surface area contributed by atoms with Crippen molar-refractivity contribution in [2.45, 2.75) is 50.1 Å². The van der Waals surface area contributed by atoms with Gasteiger partial charge in [0.15, 0.2) is 0 Å². The highest BCUT2D eigenvalue weighted by Gasteiger charge is 2.46. The normalized spacial score (nSPS) is 17.2. The van der Waals surface area contributed by atoms with E-state index in [1.165, 1.54) is 18.9 Å². The Hall–Kier alpha value is -3.35. The van der Waals surface area contributed by atoms with Crippen LogP contribution in [0.25, 0.3) is 11.1 Å². The van der Waals surface area contributed by atoms with Gasteiger partial charge in [-0.15, -0.1) is 0 Å². The number of benzene rings is 2. The van der Waals surface area contributed by atoms with Gasteiger partial charge in [0.25, 0.3) is 0 Å². The Labute approximate surface area is 187 Å². The maximum absolute atomic E-state index is 13.1. The van der Waals surface area contributed by atoms with Gasteiger partial charge in [0.05, 0.1) is 0 Å². The van der Waals surface area contributed by atoms with Crippen LogP contribution in [-0.4, -0.2) is 53.2 Å². The number of carbonyl (C=O) groups is 3. The second kappa shape index (κ2) is 8.65. The third kappa shape index (κ3) is 3.83. The maximum atomic E-state index is 13.1. The molecular weight excluding hydrogens is 408 g/mol. The van der Waals surface area contributed by atoms with Gasteiger partial charge in [0.2, 0.25) is 5.91 Å². The summed E-state index contributed by atoms with van der Waals surface area (Å²) in [5.41, 5.74) is 3.39. The van der Waals surface area contributed by atoms with Gasteiger partial charge in [-0.1, -0.05) is 61.4 Å². The lowest BCUT2D eigenvalue weighted by Gasteiger charge is -2.34. The lowest BCUT2D eigenvalue weighted by Crippen LogP contribution is -2.59. The highest BCUT2D eigenvalue weighted by Crippen LogP contribution is 2.44. The van der Waals surface area contributed by atoms with Crippen molar-refractivity contribution in [2.24, 2.45) is 0 Å².